The van der Waals surface area contributed by atoms with E-state index in [9.17, 15) is 89.8 Å². The molecule has 7 rings (SSSR count). The smallest absolute Gasteiger partial charge is 0.356 e. The number of aromatic amines is 1. The maximum absolute atomic E-state index is 13.2. The highest BCUT2D eigenvalue weighted by Gasteiger charge is 2.27. The molecule has 1 heterocycles. The number of azo groups is 3. The molecule has 0 amide bonds. The van der Waals surface area contributed by atoms with Gasteiger partial charge in [0.1, 0.15) is 26.9 Å². The Balaban J connectivity index is 1.29. The van der Waals surface area contributed by atoms with Crippen LogP contribution in [0, 0.1) is 0 Å². The van der Waals surface area contributed by atoms with E-state index < -0.39 is 137 Å². The summed E-state index contributed by atoms with van der Waals surface area (Å²) >= 11 is 0. The number of nitrogens with one attached hydrogen (secondary N) is 1. The molecule has 0 saturated heterocycles. The third kappa shape index (κ3) is 10.1. The summed E-state index contributed by atoms with van der Waals surface area (Å²) in [5.74, 6) is -3.89. The predicted molar refractivity (Wildman–Crippen MR) is 233 cm³/mol. The molecule has 0 bridgehead atoms. The number of carboxylic acid groups (broad SMARTS) is 1. The fourth-order valence-electron chi connectivity index (χ4n) is 6.30. The maximum atomic E-state index is 13.2. The van der Waals surface area contributed by atoms with E-state index in [-0.39, 0.29) is 27.8 Å². The lowest BCUT2D eigenvalue weighted by Crippen LogP contribution is -2.14. The first-order valence-electron chi connectivity index (χ1n) is 18.0. The van der Waals surface area contributed by atoms with Crippen molar-refractivity contribution in [2.45, 2.75) is 24.5 Å². The fourth-order valence-corrected chi connectivity index (χ4v) is 9.13. The van der Waals surface area contributed by atoms with E-state index in [1.54, 1.807) is 0 Å². The van der Waals surface area contributed by atoms with Crippen LogP contribution >= 0.6 is 0 Å². The minimum absolute atomic E-state index is 0.0877. The summed E-state index contributed by atoms with van der Waals surface area (Å²) in [6.45, 7) is 0. The van der Waals surface area contributed by atoms with Gasteiger partial charge in [0, 0.05) is 16.8 Å². The number of hydrogen-bond acceptors (Lipinski definition) is 20. The molecule has 0 fully saturated rings. The zero-order valence-corrected chi connectivity index (χ0v) is 37.4. The van der Waals surface area contributed by atoms with Crippen molar-refractivity contribution in [2.75, 3.05) is 0 Å². The van der Waals surface area contributed by atoms with E-state index in [1.807, 2.05) is 0 Å². The highest BCUT2D eigenvalue weighted by Crippen LogP contribution is 2.46. The minimum Gasteiger partial charge on any atom is -0.507 e. The van der Waals surface area contributed by atoms with Crippen molar-refractivity contribution in [3.05, 3.63) is 107 Å². The van der Waals surface area contributed by atoms with Gasteiger partial charge in [0.05, 0.1) is 42.8 Å². The third-order valence-corrected chi connectivity index (χ3v) is 13.7. The molecule has 0 radical (unpaired) electrons. The van der Waals surface area contributed by atoms with Gasteiger partial charge >= 0.3 is 5.97 Å². The molecule has 0 unspecified atom stereocenters. The first-order valence-corrected chi connectivity index (χ1v) is 25.2. The second kappa shape index (κ2) is 17.4. The van der Waals surface area contributed by atoms with Crippen molar-refractivity contribution >= 4 is 112 Å². The van der Waals surface area contributed by atoms with E-state index >= 15 is 0 Å². The molecular formula is C36H24N8O20S5. The van der Waals surface area contributed by atoms with Gasteiger partial charge in [0.2, 0.25) is 0 Å². The summed E-state index contributed by atoms with van der Waals surface area (Å²) < 4.78 is 170. The summed E-state index contributed by atoms with van der Waals surface area (Å²) in [5, 5.41) is 54.8. The Morgan fingerprint density at radius 3 is 1.62 bits per heavy atom. The molecule has 0 atom stereocenters. The molecule has 6 aromatic carbocycles. The monoisotopic (exact) mass is 1050 g/mol. The standard InChI is InChI=1S/C36H24N8O20S5/c45-27-15-21(67(56,57)58)11-16-12-29(69(62,63)64)31(34(46)30(16)27)41-39-25-10-9-24(22-7-6-20(14-23(22)25)66(53,54)55)38-40-26-8-1-17(13-28(26)68(59,60)61)37-42-32-33(36(48)49)43-44(35(32)47)18-2-4-19(5-3-18)65(50,51)52/h1-15,43,45-46H,(H,48,49)(H,50,51,52)(H,53,54,55)(H,56,57,58)(H,59,60,61)(H,62,63,64). The molecule has 0 spiro atoms. The molecule has 7 aromatic rings. The number of benzene rings is 6. The van der Waals surface area contributed by atoms with E-state index in [2.05, 4.69) is 35.8 Å². The molecule has 0 aliphatic rings. The largest absolute Gasteiger partial charge is 0.507 e. The van der Waals surface area contributed by atoms with Crippen LogP contribution in [-0.2, 0) is 50.6 Å². The maximum Gasteiger partial charge on any atom is 0.356 e. The van der Waals surface area contributed by atoms with Crippen LogP contribution in [0.4, 0.5) is 34.1 Å². The number of aromatic hydroxyl groups is 2. The number of aromatic carboxylic acids is 1. The number of fused-ring (bicyclic) bond motifs is 2. The van der Waals surface area contributed by atoms with E-state index in [0.717, 1.165) is 66.7 Å². The van der Waals surface area contributed by atoms with Crippen LogP contribution in [0.5, 0.6) is 11.5 Å². The number of phenols is 2. The molecular weight excluding hydrogens is 1020 g/mol. The number of rotatable bonds is 13. The van der Waals surface area contributed by atoms with E-state index in [4.69, 9.17) is 0 Å². The molecule has 28 nitrogen and oxygen atoms in total. The van der Waals surface area contributed by atoms with Crippen LogP contribution in [0.2, 0.25) is 0 Å². The number of carboxylic acids is 1. The van der Waals surface area contributed by atoms with Gasteiger partial charge in [-0.25, -0.2) is 9.48 Å². The first kappa shape index (κ1) is 49.2. The van der Waals surface area contributed by atoms with Crippen LogP contribution in [0.3, 0.4) is 0 Å². The zero-order chi connectivity index (χ0) is 50.8. The Bertz CT molecular complexity index is 4120. The molecule has 0 aliphatic heterocycles. The van der Waals surface area contributed by atoms with Gasteiger partial charge in [-0.2, -0.15) is 47.2 Å². The van der Waals surface area contributed by atoms with Crippen molar-refractivity contribution in [2.24, 2.45) is 30.7 Å². The number of aromatic nitrogens is 2. The molecule has 1 aromatic heterocycles. The average Bonchev–Trinajstić information content (AvgIpc) is 3.58. The number of carbonyl (C=O) groups is 1. The molecule has 358 valence electrons. The van der Waals surface area contributed by atoms with E-state index in [0.29, 0.717) is 28.9 Å². The Labute approximate surface area is 384 Å². The van der Waals surface area contributed by atoms with Crippen LogP contribution in [0.15, 0.2) is 151 Å². The summed E-state index contributed by atoms with van der Waals surface area (Å²) in [7, 11) is -25.1. The Morgan fingerprint density at radius 2 is 1.04 bits per heavy atom. The van der Waals surface area contributed by atoms with Gasteiger partial charge in [0.25, 0.3) is 56.1 Å². The van der Waals surface area contributed by atoms with Crippen LogP contribution in [-0.4, -0.2) is 95.9 Å². The lowest BCUT2D eigenvalue weighted by Gasteiger charge is -2.11. The van der Waals surface area contributed by atoms with Crippen molar-refractivity contribution < 1.29 is 85.0 Å². The Hall–Kier alpha value is -7.73. The SMILES string of the molecule is O=C(O)c1[nH]n(-c2ccc(S(=O)(=O)O)cc2)c(=O)c1N=Nc1ccc(N=Nc2ccc(N=Nc3c(S(=O)(=O)O)cc4cc(S(=O)(=O)O)cc(O)c4c3O)c3cc(S(=O)(=O)O)ccc23)c(S(=O)(=O)O)c1. The average molecular weight is 1050 g/mol. The lowest BCUT2D eigenvalue weighted by molar-refractivity contribution is 0.0690. The molecule has 0 saturated carbocycles. The van der Waals surface area contributed by atoms with Crippen molar-refractivity contribution in [3.8, 4) is 17.2 Å². The van der Waals surface area contributed by atoms with Gasteiger partial charge in [-0.15, -0.1) is 25.6 Å². The number of phenolic OH excluding ortho intramolecular Hbond substituents is 2. The molecule has 9 N–H and O–H groups in total. The number of nitrogens with zero attached hydrogens (tertiary/aromatic N) is 7. The second-order valence-electron chi connectivity index (χ2n) is 13.8. The summed E-state index contributed by atoms with van der Waals surface area (Å²) in [6.07, 6.45) is 0. The van der Waals surface area contributed by atoms with Crippen LogP contribution < -0.4 is 5.56 Å². The molecule has 0 aliphatic carbocycles. The van der Waals surface area contributed by atoms with Crippen molar-refractivity contribution in [1.82, 2.24) is 9.78 Å². The summed E-state index contributed by atoms with van der Waals surface area (Å²) in [6, 6.07) is 13.3. The van der Waals surface area contributed by atoms with Gasteiger partial charge in [-0.1, -0.05) is 6.07 Å². The van der Waals surface area contributed by atoms with Gasteiger partial charge in [0.15, 0.2) is 17.1 Å². The predicted octanol–water partition coefficient (Wildman–Crippen LogP) is 6.06. The van der Waals surface area contributed by atoms with Gasteiger partial charge in [-0.3, -0.25) is 32.7 Å². The highest BCUT2D eigenvalue weighted by molar-refractivity contribution is 7.87. The fraction of sp³-hybridized carbons (Fsp3) is 0. The quantitative estimate of drug-likeness (QED) is 0.0468. The van der Waals surface area contributed by atoms with Gasteiger partial charge in [-0.05, 0) is 84.2 Å². The second-order valence-corrected chi connectivity index (χ2v) is 20.9. The topological polar surface area (TPSA) is 462 Å². The summed E-state index contributed by atoms with van der Waals surface area (Å²) in [4.78, 5) is 20.8. The van der Waals surface area contributed by atoms with Crippen LogP contribution in [0.1, 0.15) is 10.5 Å². The third-order valence-electron chi connectivity index (χ3n) is 9.40. The molecule has 69 heavy (non-hydrogen) atoms. The number of hydrogen-bond donors (Lipinski definition) is 9. The first-order chi connectivity index (χ1) is 31.9. The minimum atomic E-state index is -5.35. The zero-order valence-electron chi connectivity index (χ0n) is 33.3. The normalized spacial score (nSPS) is 13.1. The Kier molecular flexibility index (Phi) is 12.4. The number of H-pyrrole nitrogens is 1. The Morgan fingerprint density at radius 1 is 0.507 bits per heavy atom. The van der Waals surface area contributed by atoms with Crippen molar-refractivity contribution in [1.29, 1.82) is 0 Å². The van der Waals surface area contributed by atoms with Crippen molar-refractivity contribution in [3.63, 3.8) is 0 Å². The summed E-state index contributed by atoms with van der Waals surface area (Å²) in [5.41, 5.74) is -5.49. The van der Waals surface area contributed by atoms with Crippen LogP contribution in [0.25, 0.3) is 27.2 Å². The lowest BCUT2D eigenvalue weighted by atomic mass is 10.1. The van der Waals surface area contributed by atoms with Gasteiger partial charge < -0.3 is 15.3 Å². The highest BCUT2D eigenvalue weighted by atomic mass is 32.2. The van der Waals surface area contributed by atoms with E-state index in [1.165, 1.54) is 0 Å². The molecule has 33 heteroatoms.